The molecule has 10 heteroatoms. The second kappa shape index (κ2) is 9.60. The summed E-state index contributed by atoms with van der Waals surface area (Å²) in [4.78, 5) is 3.34. The first-order valence-electron chi connectivity index (χ1n) is 10.7. The number of ether oxygens (including phenoxy) is 1. The largest absolute Gasteiger partial charge is 0.376 e. The molecule has 2 saturated heterocycles. The van der Waals surface area contributed by atoms with Crippen LogP contribution >= 0.6 is 23.6 Å². The van der Waals surface area contributed by atoms with Gasteiger partial charge >= 0.3 is 0 Å². The van der Waals surface area contributed by atoms with Gasteiger partial charge in [0.15, 0.2) is 20.4 Å². The van der Waals surface area contributed by atoms with Gasteiger partial charge in [-0.1, -0.05) is 19.4 Å². The molecule has 2 aromatic heterocycles. The molecule has 2 aromatic rings. The Morgan fingerprint density at radius 1 is 1.40 bits per heavy atom. The lowest BCUT2D eigenvalue weighted by molar-refractivity contribution is 0.0964. The van der Waals surface area contributed by atoms with Gasteiger partial charge in [0.1, 0.15) is 0 Å². The maximum Gasteiger partial charge on any atom is 0.199 e. The number of sulfone groups is 1. The van der Waals surface area contributed by atoms with Gasteiger partial charge in [-0.25, -0.2) is 13.1 Å². The zero-order valence-electron chi connectivity index (χ0n) is 17.4. The maximum atomic E-state index is 12.1. The molecule has 2 fully saturated rings. The fourth-order valence-corrected chi connectivity index (χ4v) is 6.98. The van der Waals surface area contributed by atoms with Crippen molar-refractivity contribution in [1.82, 2.24) is 19.2 Å². The van der Waals surface area contributed by atoms with Crippen LogP contribution in [0.4, 0.5) is 0 Å². The summed E-state index contributed by atoms with van der Waals surface area (Å²) in [5.74, 6) is 1.39. The molecular weight excluding hydrogens is 440 g/mol. The third-order valence-corrected chi connectivity index (χ3v) is 8.96. The van der Waals surface area contributed by atoms with Crippen molar-refractivity contribution >= 4 is 33.4 Å². The zero-order valence-corrected chi connectivity index (χ0v) is 19.9. The number of rotatable bonds is 9. The van der Waals surface area contributed by atoms with E-state index in [2.05, 4.69) is 22.5 Å². The van der Waals surface area contributed by atoms with Gasteiger partial charge in [-0.15, -0.1) is 16.4 Å². The second-order valence-electron chi connectivity index (χ2n) is 8.19. The van der Waals surface area contributed by atoms with Crippen molar-refractivity contribution in [2.75, 3.05) is 24.7 Å². The number of hydrogen-bond acceptors (Lipinski definition) is 7. The van der Waals surface area contributed by atoms with E-state index >= 15 is 0 Å². The molecule has 0 saturated carbocycles. The summed E-state index contributed by atoms with van der Waals surface area (Å²) >= 11 is 7.49. The van der Waals surface area contributed by atoms with E-state index in [1.807, 2.05) is 16.1 Å². The van der Waals surface area contributed by atoms with E-state index in [0.717, 1.165) is 49.5 Å². The molecule has 7 nitrogen and oxygen atoms in total. The quantitative estimate of drug-likeness (QED) is 0.522. The van der Waals surface area contributed by atoms with Crippen LogP contribution in [0.15, 0.2) is 17.5 Å². The number of unbranched alkanes of at least 4 members (excludes halogenated alkanes) is 1. The summed E-state index contributed by atoms with van der Waals surface area (Å²) in [6.07, 6.45) is 5.08. The summed E-state index contributed by atoms with van der Waals surface area (Å²) in [6, 6.07) is 4.13. The fraction of sp³-hybridized carbons (Fsp3) is 0.700. The summed E-state index contributed by atoms with van der Waals surface area (Å²) < 4.78 is 34.6. The van der Waals surface area contributed by atoms with Gasteiger partial charge in [0, 0.05) is 19.2 Å². The first kappa shape index (κ1) is 22.1. The van der Waals surface area contributed by atoms with Crippen molar-refractivity contribution in [3.8, 4) is 10.7 Å². The Morgan fingerprint density at radius 3 is 2.90 bits per heavy atom. The average molecular weight is 471 g/mol. The van der Waals surface area contributed by atoms with Crippen LogP contribution in [0.1, 0.15) is 39.0 Å². The number of aromatic nitrogens is 3. The highest BCUT2D eigenvalue weighted by Gasteiger charge is 2.32. The van der Waals surface area contributed by atoms with Crippen LogP contribution in [0.2, 0.25) is 0 Å². The number of nitrogens with zero attached hydrogens (tertiary/aromatic N) is 4. The summed E-state index contributed by atoms with van der Waals surface area (Å²) in [5.41, 5.74) is 0. The molecule has 0 spiro atoms. The molecule has 2 aliphatic heterocycles. The molecule has 0 aromatic carbocycles. The van der Waals surface area contributed by atoms with E-state index in [0.29, 0.717) is 24.4 Å². The lowest BCUT2D eigenvalue weighted by atomic mass is 10.2. The van der Waals surface area contributed by atoms with Gasteiger partial charge in [0.25, 0.3) is 0 Å². The molecule has 30 heavy (non-hydrogen) atoms. The molecule has 4 rings (SSSR count). The second-order valence-corrected chi connectivity index (χ2v) is 11.7. The minimum absolute atomic E-state index is 0.0388. The molecule has 166 valence electrons. The Hall–Kier alpha value is -1.07. The highest BCUT2D eigenvalue weighted by molar-refractivity contribution is 7.91. The van der Waals surface area contributed by atoms with Gasteiger partial charge in [-0.3, -0.25) is 9.47 Å². The van der Waals surface area contributed by atoms with Crippen molar-refractivity contribution in [2.24, 2.45) is 0 Å². The highest BCUT2D eigenvalue weighted by atomic mass is 32.2. The van der Waals surface area contributed by atoms with E-state index in [1.54, 1.807) is 11.3 Å². The Morgan fingerprint density at radius 2 is 2.27 bits per heavy atom. The number of hydrogen-bond donors (Lipinski definition) is 0. The summed E-state index contributed by atoms with van der Waals surface area (Å²) in [5, 5.41) is 6.94. The molecule has 4 heterocycles. The van der Waals surface area contributed by atoms with Gasteiger partial charge < -0.3 is 4.74 Å². The normalized spacial score (nSPS) is 23.5. The Kier molecular flexibility index (Phi) is 7.08. The average Bonchev–Trinajstić information content (AvgIpc) is 3.50. The molecule has 0 radical (unpaired) electrons. The Balaban J connectivity index is 1.62. The maximum absolute atomic E-state index is 12.1. The van der Waals surface area contributed by atoms with E-state index in [1.165, 1.54) is 0 Å². The molecule has 2 aliphatic rings. The highest BCUT2D eigenvalue weighted by Crippen LogP contribution is 2.26. The molecule has 0 aliphatic carbocycles. The standard InChI is InChI=1S/C20H30N4O3S3/c1-2-3-9-22(16-8-12-30(25,26)14-16)15-24-20(28)23(13-17-6-4-10-27-17)19(21-24)18-7-5-11-29-18/h5,7,11,16-17H,2-4,6,8-10,12-15H2,1H3/t16-,17-/m1/s1. The van der Waals surface area contributed by atoms with Crippen molar-refractivity contribution in [3.05, 3.63) is 22.3 Å². The summed E-state index contributed by atoms with van der Waals surface area (Å²) in [6.45, 7) is 5.04. The molecular formula is C20H30N4O3S3. The van der Waals surface area contributed by atoms with Gasteiger partial charge in [0.2, 0.25) is 0 Å². The molecule has 0 bridgehead atoms. The van der Waals surface area contributed by atoms with Crippen molar-refractivity contribution in [2.45, 2.75) is 64.4 Å². The molecule has 0 N–H and O–H groups in total. The Labute approximate surface area is 187 Å². The molecule has 2 atom stereocenters. The summed E-state index contributed by atoms with van der Waals surface area (Å²) in [7, 11) is -2.94. The zero-order chi connectivity index (χ0) is 21.1. The van der Waals surface area contributed by atoms with Crippen molar-refractivity contribution in [3.63, 3.8) is 0 Å². The van der Waals surface area contributed by atoms with Gasteiger partial charge in [-0.2, -0.15) is 0 Å². The van der Waals surface area contributed by atoms with Crippen LogP contribution in [0.5, 0.6) is 0 Å². The van der Waals surface area contributed by atoms with Crippen molar-refractivity contribution < 1.29 is 13.2 Å². The van der Waals surface area contributed by atoms with Crippen LogP contribution in [-0.4, -0.2) is 64.5 Å². The van der Waals surface area contributed by atoms with Gasteiger partial charge in [0.05, 0.1) is 35.7 Å². The first-order chi connectivity index (χ1) is 14.5. The monoisotopic (exact) mass is 470 g/mol. The van der Waals surface area contributed by atoms with E-state index in [4.69, 9.17) is 22.1 Å². The number of thiophene rings is 1. The van der Waals surface area contributed by atoms with Crippen molar-refractivity contribution in [1.29, 1.82) is 0 Å². The predicted octanol–water partition coefficient (Wildman–Crippen LogP) is 3.57. The minimum atomic E-state index is -2.94. The fourth-order valence-electron chi connectivity index (χ4n) is 4.24. The molecule has 0 amide bonds. The first-order valence-corrected chi connectivity index (χ1v) is 13.9. The lowest BCUT2D eigenvalue weighted by Gasteiger charge is -2.27. The van der Waals surface area contributed by atoms with Crippen LogP contribution in [-0.2, 0) is 27.8 Å². The van der Waals surface area contributed by atoms with Crippen LogP contribution in [0.25, 0.3) is 10.7 Å². The SMILES string of the molecule is CCCCN(Cn1nc(-c2cccs2)n(C[C@H]2CCCO2)c1=S)[C@@H]1CCS(=O)(=O)C1. The minimum Gasteiger partial charge on any atom is -0.376 e. The van der Waals surface area contributed by atoms with Crippen LogP contribution < -0.4 is 0 Å². The van der Waals surface area contributed by atoms with E-state index in [9.17, 15) is 8.42 Å². The van der Waals surface area contributed by atoms with Crippen LogP contribution in [0, 0.1) is 4.77 Å². The lowest BCUT2D eigenvalue weighted by Crippen LogP contribution is -2.38. The molecule has 0 unspecified atom stereocenters. The predicted molar refractivity (Wildman–Crippen MR) is 122 cm³/mol. The smallest absolute Gasteiger partial charge is 0.199 e. The third kappa shape index (κ3) is 5.04. The van der Waals surface area contributed by atoms with Gasteiger partial charge in [-0.05, 0) is 49.3 Å². The van der Waals surface area contributed by atoms with Crippen LogP contribution in [0.3, 0.4) is 0 Å². The van der Waals surface area contributed by atoms with E-state index in [-0.39, 0.29) is 23.7 Å². The Bertz CT molecular complexity index is 991. The third-order valence-electron chi connectivity index (χ3n) is 5.91. The topological polar surface area (TPSA) is 69.4 Å². The van der Waals surface area contributed by atoms with E-state index < -0.39 is 9.84 Å².